The van der Waals surface area contributed by atoms with Crippen LogP contribution < -0.4 is 14.8 Å². The fourth-order valence-electron chi connectivity index (χ4n) is 3.14. The molecule has 0 saturated heterocycles. The van der Waals surface area contributed by atoms with Crippen LogP contribution in [0.2, 0.25) is 5.02 Å². The number of nitrogens with one attached hydrogen (secondary N) is 2. The molecule has 10 heteroatoms. The Morgan fingerprint density at radius 1 is 1.00 bits per heavy atom. The molecule has 0 radical (unpaired) electrons. The number of fused-ring (bicyclic) bond motifs is 1. The minimum atomic E-state index is -4.07. The number of hydrogen-bond donors (Lipinski definition) is 2. The summed E-state index contributed by atoms with van der Waals surface area (Å²) in [6, 6.07) is 16.4. The Morgan fingerprint density at radius 3 is 2.45 bits per heavy atom. The van der Waals surface area contributed by atoms with Gasteiger partial charge < -0.3 is 10.1 Å². The van der Waals surface area contributed by atoms with Crippen molar-refractivity contribution in [2.75, 3.05) is 17.1 Å². The molecule has 33 heavy (non-hydrogen) atoms. The third-order valence-corrected chi connectivity index (χ3v) is 6.38. The van der Waals surface area contributed by atoms with Gasteiger partial charge in [-0.15, -0.1) is 0 Å². The van der Waals surface area contributed by atoms with E-state index in [1.54, 1.807) is 30.3 Å². The normalized spacial score (nSPS) is 11.2. The van der Waals surface area contributed by atoms with Gasteiger partial charge in [0.15, 0.2) is 4.90 Å². The van der Waals surface area contributed by atoms with Crippen LogP contribution in [0.4, 0.5) is 11.4 Å². The number of aromatic nitrogens is 2. The van der Waals surface area contributed by atoms with Gasteiger partial charge in [-0.05, 0) is 55.5 Å². The zero-order valence-corrected chi connectivity index (χ0v) is 19.2. The van der Waals surface area contributed by atoms with Gasteiger partial charge in [-0.25, -0.2) is 13.4 Å². The Morgan fingerprint density at radius 2 is 1.73 bits per heavy atom. The third-order valence-electron chi connectivity index (χ3n) is 4.75. The highest BCUT2D eigenvalue weighted by molar-refractivity contribution is 7.92. The number of benzene rings is 2. The average molecular weight is 483 g/mol. The van der Waals surface area contributed by atoms with Crippen molar-refractivity contribution in [2.24, 2.45) is 0 Å². The van der Waals surface area contributed by atoms with E-state index < -0.39 is 15.9 Å². The van der Waals surface area contributed by atoms with Crippen molar-refractivity contribution in [3.05, 3.63) is 83.1 Å². The van der Waals surface area contributed by atoms with E-state index in [0.717, 1.165) is 11.1 Å². The molecule has 0 unspecified atom stereocenters. The molecule has 0 bridgehead atoms. The number of sulfonamides is 1. The highest BCUT2D eigenvalue weighted by Gasteiger charge is 2.22. The van der Waals surface area contributed by atoms with Crippen molar-refractivity contribution in [1.82, 2.24) is 9.97 Å². The SMILES string of the molecule is COc1ncc(NC(=O)c2ccc3ccc(C)nc3c2)cc1S(=O)(=O)Nc1ccc(Cl)cc1. The zero-order chi connectivity index (χ0) is 23.6. The molecule has 2 heterocycles. The van der Waals surface area contributed by atoms with Crippen molar-refractivity contribution >= 4 is 49.8 Å². The first kappa shape index (κ1) is 22.5. The largest absolute Gasteiger partial charge is 0.480 e. The van der Waals surface area contributed by atoms with E-state index in [-0.39, 0.29) is 16.5 Å². The van der Waals surface area contributed by atoms with Crippen LogP contribution in [-0.4, -0.2) is 31.4 Å². The fraction of sp³-hybridized carbons (Fsp3) is 0.0870. The molecule has 0 atom stereocenters. The summed E-state index contributed by atoms with van der Waals surface area (Å²) in [6.45, 7) is 1.87. The molecular formula is C23H19ClN4O4S. The van der Waals surface area contributed by atoms with Crippen molar-refractivity contribution < 1.29 is 17.9 Å². The molecule has 0 spiro atoms. The van der Waals surface area contributed by atoms with Gasteiger partial charge in [-0.1, -0.05) is 23.7 Å². The van der Waals surface area contributed by atoms with E-state index in [0.29, 0.717) is 21.8 Å². The number of ether oxygens (including phenoxy) is 1. The number of hydrogen-bond acceptors (Lipinski definition) is 6. The van der Waals surface area contributed by atoms with Crippen LogP contribution in [0.25, 0.3) is 10.9 Å². The van der Waals surface area contributed by atoms with Gasteiger partial charge in [-0.2, -0.15) is 0 Å². The average Bonchev–Trinajstić information content (AvgIpc) is 2.80. The van der Waals surface area contributed by atoms with Crippen molar-refractivity contribution in [2.45, 2.75) is 11.8 Å². The summed E-state index contributed by atoms with van der Waals surface area (Å²) in [7, 11) is -2.76. The van der Waals surface area contributed by atoms with Crippen LogP contribution in [-0.2, 0) is 10.0 Å². The Kier molecular flexibility index (Phi) is 6.17. The maximum atomic E-state index is 13.0. The van der Waals surface area contributed by atoms with Crippen molar-refractivity contribution in [3.63, 3.8) is 0 Å². The van der Waals surface area contributed by atoms with Gasteiger partial charge >= 0.3 is 0 Å². The number of aryl methyl sites for hydroxylation is 1. The summed E-state index contributed by atoms with van der Waals surface area (Å²) in [5.74, 6) is -0.541. The molecule has 0 aliphatic rings. The highest BCUT2D eigenvalue weighted by Crippen LogP contribution is 2.27. The lowest BCUT2D eigenvalue weighted by molar-refractivity contribution is 0.102. The molecular weight excluding hydrogens is 464 g/mol. The van der Waals surface area contributed by atoms with Gasteiger partial charge in [0, 0.05) is 27.4 Å². The molecule has 2 aromatic carbocycles. The van der Waals surface area contributed by atoms with Crippen LogP contribution in [0.5, 0.6) is 5.88 Å². The summed E-state index contributed by atoms with van der Waals surface area (Å²) in [5.41, 5.74) is 2.40. The number of nitrogens with zero attached hydrogens (tertiary/aromatic N) is 2. The van der Waals surface area contributed by atoms with E-state index in [1.807, 2.05) is 19.1 Å². The molecule has 168 valence electrons. The summed E-state index contributed by atoms with van der Waals surface area (Å²) >= 11 is 5.86. The molecule has 4 rings (SSSR count). The second-order valence-electron chi connectivity index (χ2n) is 7.16. The summed E-state index contributed by atoms with van der Waals surface area (Å²) < 4.78 is 33.5. The first-order valence-electron chi connectivity index (χ1n) is 9.76. The molecule has 4 aromatic rings. The summed E-state index contributed by atoms with van der Waals surface area (Å²) in [6.07, 6.45) is 1.32. The summed E-state index contributed by atoms with van der Waals surface area (Å²) in [5, 5.41) is 4.06. The van der Waals surface area contributed by atoms with Gasteiger partial charge in [0.25, 0.3) is 15.9 Å². The Labute approximate surface area is 195 Å². The standard InChI is InChI=1S/C23H19ClN4O4S/c1-14-3-4-15-5-6-16(11-20(15)26-14)22(29)27-19-12-21(23(32-2)25-13-19)33(30,31)28-18-9-7-17(24)8-10-18/h3-13,28H,1-2H3,(H,27,29). The lowest BCUT2D eigenvalue weighted by Crippen LogP contribution is -2.17. The van der Waals surface area contributed by atoms with Crippen molar-refractivity contribution in [1.29, 1.82) is 0 Å². The smallest absolute Gasteiger partial charge is 0.267 e. The maximum Gasteiger partial charge on any atom is 0.267 e. The van der Waals surface area contributed by atoms with Gasteiger partial charge in [0.2, 0.25) is 5.88 Å². The highest BCUT2D eigenvalue weighted by atomic mass is 35.5. The van der Waals surface area contributed by atoms with Crippen LogP contribution in [0.15, 0.2) is 71.8 Å². The second kappa shape index (κ2) is 9.05. The molecule has 2 N–H and O–H groups in total. The number of carbonyl (C=O) groups excluding carboxylic acids is 1. The molecule has 1 amide bonds. The Hall–Kier alpha value is -3.69. The predicted octanol–water partition coefficient (Wildman–Crippen LogP) is 4.65. The predicted molar refractivity (Wildman–Crippen MR) is 127 cm³/mol. The van der Waals surface area contributed by atoms with Gasteiger partial charge in [0.05, 0.1) is 24.5 Å². The Balaban J connectivity index is 1.62. The maximum absolute atomic E-state index is 13.0. The van der Waals surface area contributed by atoms with E-state index in [2.05, 4.69) is 20.0 Å². The van der Waals surface area contributed by atoms with Crippen LogP contribution in [0.1, 0.15) is 16.1 Å². The molecule has 2 aromatic heterocycles. The van der Waals surface area contributed by atoms with Gasteiger partial charge in [0.1, 0.15) is 0 Å². The fourth-order valence-corrected chi connectivity index (χ4v) is 4.47. The number of carbonyl (C=O) groups is 1. The number of halogens is 1. The first-order chi connectivity index (χ1) is 15.7. The van der Waals surface area contributed by atoms with E-state index in [1.165, 1.54) is 31.5 Å². The van der Waals surface area contributed by atoms with Gasteiger partial charge in [-0.3, -0.25) is 14.5 Å². The molecule has 0 saturated carbocycles. The molecule has 0 aliphatic heterocycles. The molecule has 8 nitrogen and oxygen atoms in total. The van der Waals surface area contributed by atoms with E-state index >= 15 is 0 Å². The topological polar surface area (TPSA) is 110 Å². The number of pyridine rings is 2. The molecule has 0 fully saturated rings. The summed E-state index contributed by atoms with van der Waals surface area (Å²) in [4.78, 5) is 21.1. The monoisotopic (exact) mass is 482 g/mol. The van der Waals surface area contributed by atoms with Crippen molar-refractivity contribution in [3.8, 4) is 5.88 Å². The number of amides is 1. The number of anilines is 2. The van der Waals surface area contributed by atoms with Crippen LogP contribution in [0.3, 0.4) is 0 Å². The number of rotatable bonds is 6. The quantitative estimate of drug-likeness (QED) is 0.413. The van der Waals surface area contributed by atoms with Crippen LogP contribution >= 0.6 is 11.6 Å². The van der Waals surface area contributed by atoms with E-state index in [9.17, 15) is 13.2 Å². The number of methoxy groups -OCH3 is 1. The lowest BCUT2D eigenvalue weighted by Gasteiger charge is -2.13. The lowest BCUT2D eigenvalue weighted by atomic mass is 10.1. The van der Waals surface area contributed by atoms with Crippen LogP contribution in [0, 0.1) is 6.92 Å². The first-order valence-corrected chi connectivity index (χ1v) is 11.6. The minimum absolute atomic E-state index is 0.111. The Bertz CT molecular complexity index is 1460. The second-order valence-corrected chi connectivity index (χ2v) is 9.25. The zero-order valence-electron chi connectivity index (χ0n) is 17.7. The van der Waals surface area contributed by atoms with E-state index in [4.69, 9.17) is 16.3 Å². The third kappa shape index (κ3) is 5.05. The minimum Gasteiger partial charge on any atom is -0.480 e. The molecule has 0 aliphatic carbocycles.